The molecule has 3 aromatic rings. The van der Waals surface area contributed by atoms with Gasteiger partial charge in [-0.3, -0.25) is 0 Å². The van der Waals surface area contributed by atoms with Crippen LogP contribution < -0.4 is 21.9 Å². The van der Waals surface area contributed by atoms with Crippen LogP contribution in [0.4, 0.5) is 5.69 Å². The molecule has 154 valence electrons. The highest BCUT2D eigenvalue weighted by atomic mass is 35.5. The molecular formula is C23H21ClN2O2S2. The quantitative estimate of drug-likeness (QED) is 0.456. The summed E-state index contributed by atoms with van der Waals surface area (Å²) in [6.07, 6.45) is 10.1. The molecule has 0 bridgehead atoms. The Morgan fingerprint density at radius 1 is 1.10 bits per heavy atom. The summed E-state index contributed by atoms with van der Waals surface area (Å²) >= 11 is 3.38. The summed E-state index contributed by atoms with van der Waals surface area (Å²) in [4.78, 5) is 14.9. The van der Waals surface area contributed by atoms with Crippen molar-refractivity contribution in [3.8, 4) is 0 Å². The van der Waals surface area contributed by atoms with Gasteiger partial charge in [-0.15, -0.1) is 0 Å². The average Bonchev–Trinajstić information content (AvgIpc) is 3.25. The van der Waals surface area contributed by atoms with Gasteiger partial charge >= 0.3 is 5.97 Å². The number of hydrogen-bond acceptors (Lipinski definition) is 4. The first-order valence-corrected chi connectivity index (χ1v) is 11.0. The Morgan fingerprint density at radius 2 is 1.87 bits per heavy atom. The van der Waals surface area contributed by atoms with Crippen molar-refractivity contribution in [1.29, 1.82) is 0 Å². The molecule has 0 radical (unpaired) electrons. The highest BCUT2D eigenvalue weighted by molar-refractivity contribution is 8.03. The number of anilines is 1. The number of rotatable bonds is 6. The van der Waals surface area contributed by atoms with Crippen LogP contribution in [-0.2, 0) is 11.3 Å². The number of carbonyl (C=O) groups is 1. The van der Waals surface area contributed by atoms with Gasteiger partial charge in [0.05, 0.1) is 10.7 Å². The molecule has 1 aliphatic rings. The lowest BCUT2D eigenvalue weighted by atomic mass is 10.3. The van der Waals surface area contributed by atoms with E-state index in [4.69, 9.17) is 0 Å². The molecular weight excluding hydrogens is 436 g/mol. The zero-order chi connectivity index (χ0) is 20.2. The van der Waals surface area contributed by atoms with Crippen molar-refractivity contribution in [1.82, 2.24) is 0 Å². The van der Waals surface area contributed by atoms with Crippen molar-refractivity contribution in [3.63, 3.8) is 0 Å². The van der Waals surface area contributed by atoms with E-state index in [-0.39, 0.29) is 19.0 Å². The molecule has 1 aliphatic heterocycles. The first kappa shape index (κ1) is 22.2. The summed E-state index contributed by atoms with van der Waals surface area (Å²) in [6, 6.07) is 16.3. The fourth-order valence-corrected chi connectivity index (χ4v) is 5.53. The van der Waals surface area contributed by atoms with Crippen molar-refractivity contribution in [2.45, 2.75) is 18.4 Å². The van der Waals surface area contributed by atoms with Crippen molar-refractivity contribution in [3.05, 3.63) is 82.9 Å². The van der Waals surface area contributed by atoms with Crippen LogP contribution in [0.25, 0.3) is 16.3 Å². The lowest BCUT2D eigenvalue weighted by Gasteiger charge is -2.17. The molecule has 1 N–H and O–H groups in total. The molecule has 0 fully saturated rings. The van der Waals surface area contributed by atoms with Crippen LogP contribution >= 0.6 is 23.1 Å². The number of thiazole rings is 1. The van der Waals surface area contributed by atoms with E-state index in [9.17, 15) is 9.90 Å². The molecule has 30 heavy (non-hydrogen) atoms. The van der Waals surface area contributed by atoms with E-state index in [0.29, 0.717) is 0 Å². The third-order valence-electron chi connectivity index (χ3n) is 4.58. The number of carboxylic acids is 1. The summed E-state index contributed by atoms with van der Waals surface area (Å²) in [5.41, 5.74) is 2.21. The van der Waals surface area contributed by atoms with Gasteiger partial charge in [0.25, 0.3) is 5.01 Å². The average molecular weight is 457 g/mol. The minimum absolute atomic E-state index is 0. The number of fused-ring (bicyclic) bond motifs is 2. The summed E-state index contributed by atoms with van der Waals surface area (Å²) in [7, 11) is 0. The van der Waals surface area contributed by atoms with Crippen LogP contribution in [0.1, 0.15) is 11.9 Å². The van der Waals surface area contributed by atoms with E-state index in [0.717, 1.165) is 21.8 Å². The number of aliphatic carboxylic acids is 1. The number of carboxylic acid groups (broad SMARTS) is 1. The largest absolute Gasteiger partial charge is 1.00 e. The lowest BCUT2D eigenvalue weighted by Crippen LogP contribution is -3.00. The second kappa shape index (κ2) is 9.98. The third kappa shape index (κ3) is 4.61. The second-order valence-corrected chi connectivity index (χ2v) is 8.58. The Hall–Kier alpha value is -2.54. The van der Waals surface area contributed by atoms with E-state index in [1.165, 1.54) is 15.6 Å². The highest BCUT2D eigenvalue weighted by Crippen LogP contribution is 2.45. The molecule has 0 atom stereocenters. The summed E-state index contributed by atoms with van der Waals surface area (Å²) in [5.74, 6) is -0.842. The minimum Gasteiger partial charge on any atom is -1.00 e. The van der Waals surface area contributed by atoms with Gasteiger partial charge in [-0.05, 0) is 31.2 Å². The summed E-state index contributed by atoms with van der Waals surface area (Å²) in [6.45, 7) is 3.04. The Morgan fingerprint density at radius 3 is 2.67 bits per heavy atom. The molecule has 2 heterocycles. The minimum atomic E-state index is -0.842. The van der Waals surface area contributed by atoms with Crippen LogP contribution in [0.5, 0.6) is 0 Å². The fraction of sp³-hybridized carbons (Fsp3) is 0.130. The molecule has 4 rings (SSSR count). The number of para-hydroxylation sites is 2. The molecule has 0 amide bonds. The van der Waals surface area contributed by atoms with Gasteiger partial charge in [-0.2, -0.15) is 4.57 Å². The molecule has 0 saturated heterocycles. The number of allylic oxidation sites excluding steroid dienone is 4. The zero-order valence-corrected chi connectivity index (χ0v) is 18.8. The van der Waals surface area contributed by atoms with Gasteiger partial charge in [0.15, 0.2) is 0 Å². The van der Waals surface area contributed by atoms with E-state index in [1.54, 1.807) is 23.1 Å². The van der Waals surface area contributed by atoms with Crippen LogP contribution in [0.15, 0.2) is 82.8 Å². The first-order chi connectivity index (χ1) is 14.2. The summed E-state index contributed by atoms with van der Waals surface area (Å²) < 4.78 is 2.92. The number of thioether (sulfide) groups is 1. The standard InChI is InChI=1S/C23H20N2O2S2.ClH/c1-2-24-17-10-6-8-12-19(17)28-21(24)14-4-3-5-15-22-25(16-23(26)27)18-11-7-9-13-20(18)29-22;/h3-15H,2,16H2,1H3;1H. The Bertz CT molecular complexity index is 1150. The van der Waals surface area contributed by atoms with Crippen LogP contribution in [0, 0.1) is 0 Å². The Balaban J connectivity index is 0.00000256. The predicted molar refractivity (Wildman–Crippen MR) is 121 cm³/mol. The van der Waals surface area contributed by atoms with Crippen molar-refractivity contribution in [2.24, 2.45) is 0 Å². The predicted octanol–water partition coefficient (Wildman–Crippen LogP) is 2.32. The van der Waals surface area contributed by atoms with Crippen LogP contribution in [0.2, 0.25) is 0 Å². The fourth-order valence-electron chi connectivity index (χ4n) is 3.32. The van der Waals surface area contributed by atoms with Gasteiger partial charge in [-0.25, -0.2) is 4.79 Å². The van der Waals surface area contributed by atoms with Crippen molar-refractivity contribution >= 4 is 51.0 Å². The van der Waals surface area contributed by atoms with Gasteiger partial charge in [0, 0.05) is 23.6 Å². The molecule has 0 spiro atoms. The number of benzene rings is 2. The monoisotopic (exact) mass is 456 g/mol. The number of aromatic nitrogens is 1. The number of halogens is 1. The first-order valence-electron chi connectivity index (χ1n) is 9.40. The Kier molecular flexibility index (Phi) is 7.37. The van der Waals surface area contributed by atoms with Crippen molar-refractivity contribution in [2.75, 3.05) is 11.4 Å². The lowest BCUT2D eigenvalue weighted by molar-refractivity contribution is -0.657. The molecule has 2 aromatic carbocycles. The zero-order valence-electron chi connectivity index (χ0n) is 16.4. The maximum atomic E-state index is 11.3. The SMILES string of the molecule is CCN1/C(=C/C=C/C=C/c2sc3ccccc3[n+]2CC(=O)O)Sc2ccccc21.[Cl-]. The highest BCUT2D eigenvalue weighted by Gasteiger charge is 2.22. The number of hydrogen-bond donors (Lipinski definition) is 1. The molecule has 4 nitrogen and oxygen atoms in total. The van der Waals surface area contributed by atoms with Gasteiger partial charge in [0.1, 0.15) is 4.70 Å². The molecule has 0 unspecified atom stereocenters. The van der Waals surface area contributed by atoms with Crippen LogP contribution in [-0.4, -0.2) is 17.6 Å². The van der Waals surface area contributed by atoms with Gasteiger partial charge in [-0.1, -0.05) is 65.6 Å². The molecule has 0 aliphatic carbocycles. The molecule has 0 saturated carbocycles. The van der Waals surface area contributed by atoms with E-state index >= 15 is 0 Å². The second-order valence-electron chi connectivity index (χ2n) is 6.45. The number of nitrogens with zero attached hydrogens (tertiary/aromatic N) is 2. The van der Waals surface area contributed by atoms with Gasteiger partial charge < -0.3 is 22.4 Å². The van der Waals surface area contributed by atoms with E-state index < -0.39 is 5.97 Å². The van der Waals surface area contributed by atoms with Gasteiger partial charge in [0.2, 0.25) is 12.1 Å². The molecule has 1 aromatic heterocycles. The topological polar surface area (TPSA) is 44.4 Å². The smallest absolute Gasteiger partial charge is 0.370 e. The normalized spacial score (nSPS) is 14.7. The third-order valence-corrected chi connectivity index (χ3v) is 6.84. The van der Waals surface area contributed by atoms with E-state index in [1.807, 2.05) is 53.1 Å². The van der Waals surface area contributed by atoms with Crippen LogP contribution in [0.3, 0.4) is 0 Å². The summed E-state index contributed by atoms with van der Waals surface area (Å²) in [5, 5.41) is 11.4. The van der Waals surface area contributed by atoms with E-state index in [2.05, 4.69) is 42.2 Å². The Labute approximate surface area is 190 Å². The van der Waals surface area contributed by atoms with Crippen molar-refractivity contribution < 1.29 is 26.9 Å². The maximum absolute atomic E-state index is 11.3. The molecule has 7 heteroatoms. The maximum Gasteiger partial charge on any atom is 0.370 e.